The lowest BCUT2D eigenvalue weighted by Crippen LogP contribution is -2.41. The first-order valence-electron chi connectivity index (χ1n) is 10.0. The van der Waals surface area contributed by atoms with Crippen molar-refractivity contribution in [2.75, 3.05) is 19.6 Å². The Bertz CT molecular complexity index is 624. The summed E-state index contributed by atoms with van der Waals surface area (Å²) >= 11 is 1.75. The molecule has 0 bridgehead atoms. The second-order valence-corrected chi connectivity index (χ2v) is 10.4. The molecule has 1 aromatic heterocycles. The largest absolute Gasteiger partial charge is 0.481 e. The standard InChI is InChI=1S/C21H34N2O2S/c1-15(2)22-10-7-17(8-11-22)25-20-12-16-6-9-23(14-18(16)26-20)19(24)13-21(3,4)5/h12,15,17H,6-11,13-14H2,1-5H3. The molecule has 2 aliphatic rings. The highest BCUT2D eigenvalue weighted by atomic mass is 32.1. The van der Waals surface area contributed by atoms with E-state index in [0.29, 0.717) is 18.6 Å². The van der Waals surface area contributed by atoms with Gasteiger partial charge in [0.05, 0.1) is 6.54 Å². The van der Waals surface area contributed by atoms with Gasteiger partial charge in [-0.3, -0.25) is 4.79 Å². The highest BCUT2D eigenvalue weighted by Gasteiger charge is 2.27. The number of amides is 1. The van der Waals surface area contributed by atoms with Gasteiger partial charge in [0.1, 0.15) is 6.10 Å². The van der Waals surface area contributed by atoms with Crippen LogP contribution in [0.3, 0.4) is 0 Å². The topological polar surface area (TPSA) is 32.8 Å². The van der Waals surface area contributed by atoms with Gasteiger partial charge in [0.25, 0.3) is 0 Å². The van der Waals surface area contributed by atoms with E-state index in [1.54, 1.807) is 11.3 Å². The molecule has 0 unspecified atom stereocenters. The van der Waals surface area contributed by atoms with E-state index in [2.05, 4.69) is 45.6 Å². The molecule has 0 aromatic carbocycles. The Kier molecular flexibility index (Phi) is 5.97. The van der Waals surface area contributed by atoms with Gasteiger partial charge in [0.2, 0.25) is 5.91 Å². The summed E-state index contributed by atoms with van der Waals surface area (Å²) in [5, 5.41) is 1.04. The number of ether oxygens (including phenoxy) is 1. The van der Waals surface area contributed by atoms with E-state index in [9.17, 15) is 4.79 Å². The summed E-state index contributed by atoms with van der Waals surface area (Å²) in [5.74, 6) is 0.278. The van der Waals surface area contributed by atoms with Crippen LogP contribution >= 0.6 is 11.3 Å². The average Bonchev–Trinajstić information content (AvgIpc) is 2.95. The highest BCUT2D eigenvalue weighted by molar-refractivity contribution is 7.14. The number of rotatable bonds is 4. The number of carbonyl (C=O) groups excluding carboxylic acids is 1. The SMILES string of the molecule is CC(C)N1CCC(Oc2cc3c(s2)CN(C(=O)CC(C)(C)C)CC3)CC1. The van der Waals surface area contributed by atoms with Crippen LogP contribution in [0.15, 0.2) is 6.07 Å². The van der Waals surface area contributed by atoms with Gasteiger partial charge in [-0.05, 0) is 50.2 Å². The summed E-state index contributed by atoms with van der Waals surface area (Å²) in [6.07, 6.45) is 4.12. The predicted octanol–water partition coefficient (Wildman–Crippen LogP) is 4.32. The average molecular weight is 379 g/mol. The quantitative estimate of drug-likeness (QED) is 0.782. The zero-order valence-electron chi connectivity index (χ0n) is 17.0. The third-order valence-electron chi connectivity index (χ3n) is 5.38. The smallest absolute Gasteiger partial charge is 0.223 e. The fourth-order valence-corrected chi connectivity index (χ4v) is 4.94. The van der Waals surface area contributed by atoms with Crippen molar-refractivity contribution in [1.29, 1.82) is 0 Å². The van der Waals surface area contributed by atoms with Crippen molar-refractivity contribution >= 4 is 17.2 Å². The maximum absolute atomic E-state index is 12.5. The zero-order chi connectivity index (χ0) is 18.9. The predicted molar refractivity (Wildman–Crippen MR) is 108 cm³/mol. The molecule has 1 fully saturated rings. The van der Waals surface area contributed by atoms with Crippen LogP contribution in [-0.2, 0) is 17.8 Å². The van der Waals surface area contributed by atoms with Crippen molar-refractivity contribution in [2.45, 2.75) is 79.0 Å². The maximum atomic E-state index is 12.5. The molecule has 1 aromatic rings. The number of nitrogens with zero attached hydrogens (tertiary/aromatic N) is 2. The van der Waals surface area contributed by atoms with Crippen molar-refractivity contribution in [3.8, 4) is 5.06 Å². The molecule has 0 N–H and O–H groups in total. The molecular formula is C21H34N2O2S. The van der Waals surface area contributed by atoms with E-state index in [1.165, 1.54) is 10.4 Å². The van der Waals surface area contributed by atoms with Crippen LogP contribution < -0.4 is 4.74 Å². The molecule has 2 aliphatic heterocycles. The first kappa shape index (κ1) is 19.7. The Morgan fingerprint density at radius 1 is 1.27 bits per heavy atom. The van der Waals surface area contributed by atoms with Crippen LogP contribution in [0.5, 0.6) is 5.06 Å². The van der Waals surface area contributed by atoms with Gasteiger partial charge in [-0.15, -0.1) is 11.3 Å². The highest BCUT2D eigenvalue weighted by Crippen LogP contribution is 2.35. The van der Waals surface area contributed by atoms with Gasteiger partial charge in [-0.25, -0.2) is 0 Å². The van der Waals surface area contributed by atoms with Gasteiger partial charge < -0.3 is 14.5 Å². The summed E-state index contributed by atoms with van der Waals surface area (Å²) in [7, 11) is 0. The minimum absolute atomic E-state index is 0.0476. The monoisotopic (exact) mass is 378 g/mol. The molecule has 0 spiro atoms. The zero-order valence-corrected chi connectivity index (χ0v) is 17.8. The van der Waals surface area contributed by atoms with Crippen LogP contribution in [0.25, 0.3) is 0 Å². The molecule has 146 valence electrons. The van der Waals surface area contributed by atoms with Gasteiger partial charge in [-0.1, -0.05) is 20.8 Å². The second-order valence-electron chi connectivity index (χ2n) is 9.26. The van der Waals surface area contributed by atoms with E-state index in [0.717, 1.165) is 50.5 Å². The van der Waals surface area contributed by atoms with Gasteiger partial charge in [0.15, 0.2) is 5.06 Å². The summed E-state index contributed by atoms with van der Waals surface area (Å²) in [6, 6.07) is 2.85. The summed E-state index contributed by atoms with van der Waals surface area (Å²) in [5.41, 5.74) is 1.43. The minimum Gasteiger partial charge on any atom is -0.481 e. The number of likely N-dealkylation sites (tertiary alicyclic amines) is 1. The minimum atomic E-state index is 0.0476. The lowest BCUT2D eigenvalue weighted by atomic mass is 9.91. The van der Waals surface area contributed by atoms with Gasteiger partial charge in [0, 0.05) is 37.0 Å². The van der Waals surface area contributed by atoms with Crippen molar-refractivity contribution in [3.63, 3.8) is 0 Å². The molecule has 4 nitrogen and oxygen atoms in total. The molecule has 5 heteroatoms. The maximum Gasteiger partial charge on any atom is 0.223 e. The van der Waals surface area contributed by atoms with Crippen LogP contribution in [0.2, 0.25) is 0 Å². The van der Waals surface area contributed by atoms with Crippen LogP contribution in [0.4, 0.5) is 0 Å². The number of fused-ring (bicyclic) bond motifs is 1. The van der Waals surface area contributed by atoms with Gasteiger partial charge in [-0.2, -0.15) is 0 Å². The summed E-state index contributed by atoms with van der Waals surface area (Å²) in [6.45, 7) is 14.8. The molecule has 1 amide bonds. The molecular weight excluding hydrogens is 344 g/mol. The summed E-state index contributed by atoms with van der Waals surface area (Å²) in [4.78, 5) is 18.4. The number of hydrogen-bond donors (Lipinski definition) is 0. The number of piperidine rings is 1. The molecule has 0 aliphatic carbocycles. The lowest BCUT2D eigenvalue weighted by Gasteiger charge is -2.34. The molecule has 0 saturated carbocycles. The van der Waals surface area contributed by atoms with Crippen LogP contribution in [0, 0.1) is 5.41 Å². The van der Waals surface area contributed by atoms with Crippen LogP contribution in [-0.4, -0.2) is 47.5 Å². The Labute approximate surface area is 162 Å². The molecule has 3 heterocycles. The van der Waals surface area contributed by atoms with E-state index in [1.807, 2.05) is 4.90 Å². The van der Waals surface area contributed by atoms with E-state index >= 15 is 0 Å². The van der Waals surface area contributed by atoms with Crippen molar-refractivity contribution < 1.29 is 9.53 Å². The Morgan fingerprint density at radius 3 is 2.58 bits per heavy atom. The Morgan fingerprint density at radius 2 is 1.96 bits per heavy atom. The summed E-state index contributed by atoms with van der Waals surface area (Å²) < 4.78 is 6.30. The molecule has 1 saturated heterocycles. The number of carbonyl (C=O) groups is 1. The molecule has 0 radical (unpaired) electrons. The van der Waals surface area contributed by atoms with Crippen LogP contribution in [0.1, 0.15) is 64.3 Å². The van der Waals surface area contributed by atoms with Gasteiger partial charge >= 0.3 is 0 Å². The fraction of sp³-hybridized carbons (Fsp3) is 0.762. The third kappa shape index (κ3) is 5.01. The number of thiophene rings is 1. The lowest BCUT2D eigenvalue weighted by molar-refractivity contribution is -0.133. The van der Waals surface area contributed by atoms with E-state index < -0.39 is 0 Å². The fourth-order valence-electron chi connectivity index (χ4n) is 3.80. The first-order valence-corrected chi connectivity index (χ1v) is 10.8. The normalized spacial score (nSPS) is 19.7. The van der Waals surface area contributed by atoms with Crippen molar-refractivity contribution in [3.05, 3.63) is 16.5 Å². The Balaban J connectivity index is 1.56. The molecule has 3 rings (SSSR count). The van der Waals surface area contributed by atoms with Crippen molar-refractivity contribution in [1.82, 2.24) is 9.80 Å². The first-order chi connectivity index (χ1) is 12.2. The molecule has 0 atom stereocenters. The number of hydrogen-bond acceptors (Lipinski definition) is 4. The van der Waals surface area contributed by atoms with Crippen molar-refractivity contribution in [2.24, 2.45) is 5.41 Å². The Hall–Kier alpha value is -1.07. The van der Waals surface area contributed by atoms with E-state index in [4.69, 9.17) is 4.74 Å². The molecule has 26 heavy (non-hydrogen) atoms. The third-order valence-corrected chi connectivity index (χ3v) is 6.44. The van der Waals surface area contributed by atoms with E-state index in [-0.39, 0.29) is 11.3 Å². The second kappa shape index (κ2) is 7.89.